The third-order valence-electron chi connectivity index (χ3n) is 4.72. The molecule has 6 heteroatoms. The first-order chi connectivity index (χ1) is 11.5. The minimum Gasteiger partial charge on any atom is -0.381 e. The lowest BCUT2D eigenvalue weighted by Gasteiger charge is -2.35. The average Bonchev–Trinajstić information content (AvgIpc) is 2.60. The van der Waals surface area contributed by atoms with Crippen molar-refractivity contribution in [1.82, 2.24) is 10.3 Å². The minimum absolute atomic E-state index is 0.312. The van der Waals surface area contributed by atoms with Crippen LogP contribution in [0.15, 0.2) is 30.5 Å². The van der Waals surface area contributed by atoms with Crippen LogP contribution in [0.2, 0.25) is 0 Å². The van der Waals surface area contributed by atoms with Crippen LogP contribution in [-0.4, -0.2) is 43.7 Å². The maximum atomic E-state index is 12.0. The average molecular weight is 328 g/mol. The number of amides is 1. The van der Waals surface area contributed by atoms with E-state index >= 15 is 0 Å². The number of anilines is 1. The maximum Gasteiger partial charge on any atom is 0.237 e. The summed E-state index contributed by atoms with van der Waals surface area (Å²) in [6.07, 6.45) is 3.08. The Morgan fingerprint density at radius 2 is 1.96 bits per heavy atom. The molecule has 0 unspecified atom stereocenters. The number of hydrogen-bond acceptors (Lipinski definition) is 5. The smallest absolute Gasteiger partial charge is 0.237 e. The van der Waals surface area contributed by atoms with Gasteiger partial charge in [-0.25, -0.2) is 4.98 Å². The predicted octanol–water partition coefficient (Wildman–Crippen LogP) is 1.42. The first kappa shape index (κ1) is 16.7. The minimum atomic E-state index is -0.695. The lowest BCUT2D eigenvalue weighted by molar-refractivity contribution is -0.128. The Labute approximate surface area is 142 Å². The number of nitrogens with two attached hydrogens (primary N) is 1. The Bertz CT molecular complexity index is 739. The van der Waals surface area contributed by atoms with Crippen molar-refractivity contribution in [3.63, 3.8) is 0 Å². The van der Waals surface area contributed by atoms with Crippen LogP contribution in [-0.2, 0) is 16.1 Å². The number of pyridine rings is 1. The molecule has 1 aliphatic rings. The summed E-state index contributed by atoms with van der Waals surface area (Å²) in [7, 11) is 3.97. The Kier molecular flexibility index (Phi) is 4.69. The summed E-state index contributed by atoms with van der Waals surface area (Å²) in [5, 5.41) is 5.62. The highest BCUT2D eigenvalue weighted by Crippen LogP contribution is 2.27. The molecule has 0 aliphatic carbocycles. The normalized spacial score (nSPS) is 16.9. The monoisotopic (exact) mass is 328 g/mol. The van der Waals surface area contributed by atoms with Gasteiger partial charge in [-0.15, -0.1) is 0 Å². The number of ether oxygens (including phenoxy) is 1. The van der Waals surface area contributed by atoms with Crippen molar-refractivity contribution in [3.05, 3.63) is 36.0 Å². The molecule has 1 amide bonds. The van der Waals surface area contributed by atoms with Crippen LogP contribution in [0, 0.1) is 0 Å². The second-order valence-electron chi connectivity index (χ2n) is 6.46. The molecule has 1 aliphatic heterocycles. The fourth-order valence-corrected chi connectivity index (χ4v) is 3.23. The van der Waals surface area contributed by atoms with Crippen molar-refractivity contribution >= 4 is 22.5 Å². The molecule has 0 saturated carbocycles. The van der Waals surface area contributed by atoms with Gasteiger partial charge in [-0.3, -0.25) is 10.1 Å². The first-order valence-electron chi connectivity index (χ1n) is 8.20. The number of aromatic nitrogens is 1. The molecular formula is C18H24N4O2. The Morgan fingerprint density at radius 3 is 2.58 bits per heavy atom. The number of nitrogens with one attached hydrogen (secondary N) is 1. The topological polar surface area (TPSA) is 80.5 Å². The van der Waals surface area contributed by atoms with E-state index in [2.05, 4.69) is 22.4 Å². The summed E-state index contributed by atoms with van der Waals surface area (Å²) in [6.45, 7) is 1.65. The molecule has 3 N–H and O–H groups in total. The molecule has 2 heterocycles. The Morgan fingerprint density at radius 1 is 1.29 bits per heavy atom. The maximum absolute atomic E-state index is 12.0. The van der Waals surface area contributed by atoms with Gasteiger partial charge in [-0.05, 0) is 23.8 Å². The molecule has 6 nitrogen and oxygen atoms in total. The zero-order valence-electron chi connectivity index (χ0n) is 14.2. The van der Waals surface area contributed by atoms with E-state index < -0.39 is 5.54 Å². The van der Waals surface area contributed by atoms with E-state index in [4.69, 9.17) is 10.5 Å². The molecule has 1 aromatic carbocycles. The summed E-state index contributed by atoms with van der Waals surface area (Å²) < 4.78 is 5.37. The van der Waals surface area contributed by atoms with Gasteiger partial charge in [-0.1, -0.05) is 24.3 Å². The van der Waals surface area contributed by atoms with Crippen LogP contribution >= 0.6 is 0 Å². The predicted molar refractivity (Wildman–Crippen MR) is 94.9 cm³/mol. The van der Waals surface area contributed by atoms with Gasteiger partial charge in [0.15, 0.2) is 0 Å². The molecule has 0 spiro atoms. The first-order valence-corrected chi connectivity index (χ1v) is 8.20. The SMILES string of the molecule is CN(C)c1ncc(CNC2(C(N)=O)CCOCC2)c2ccccc12. The number of nitrogens with zero attached hydrogens (tertiary/aromatic N) is 2. The van der Waals surface area contributed by atoms with E-state index in [9.17, 15) is 4.79 Å². The van der Waals surface area contributed by atoms with E-state index in [0.29, 0.717) is 32.6 Å². The number of carbonyl (C=O) groups is 1. The third-order valence-corrected chi connectivity index (χ3v) is 4.72. The number of primary amides is 1. The van der Waals surface area contributed by atoms with E-state index in [1.54, 1.807) is 0 Å². The zero-order chi connectivity index (χ0) is 17.2. The van der Waals surface area contributed by atoms with Gasteiger partial charge < -0.3 is 15.4 Å². The molecule has 0 atom stereocenters. The van der Waals surface area contributed by atoms with E-state index in [1.165, 1.54) is 0 Å². The summed E-state index contributed by atoms with van der Waals surface area (Å²) in [4.78, 5) is 18.6. The molecule has 1 saturated heterocycles. The van der Waals surface area contributed by atoms with Crippen LogP contribution in [0.1, 0.15) is 18.4 Å². The number of benzene rings is 1. The largest absolute Gasteiger partial charge is 0.381 e. The van der Waals surface area contributed by atoms with Crippen molar-refractivity contribution in [2.45, 2.75) is 24.9 Å². The van der Waals surface area contributed by atoms with E-state index in [0.717, 1.165) is 22.2 Å². The fraction of sp³-hybridized carbons (Fsp3) is 0.444. The van der Waals surface area contributed by atoms with Crippen molar-refractivity contribution in [2.24, 2.45) is 5.73 Å². The lowest BCUT2D eigenvalue weighted by Crippen LogP contribution is -2.58. The summed E-state index contributed by atoms with van der Waals surface area (Å²) in [5.74, 6) is 0.623. The van der Waals surface area contributed by atoms with Crippen LogP contribution in [0.5, 0.6) is 0 Å². The van der Waals surface area contributed by atoms with Gasteiger partial charge >= 0.3 is 0 Å². The molecule has 128 valence electrons. The number of fused-ring (bicyclic) bond motifs is 1. The third kappa shape index (κ3) is 3.07. The van der Waals surface area contributed by atoms with Gasteiger partial charge in [0.25, 0.3) is 0 Å². The highest BCUT2D eigenvalue weighted by Gasteiger charge is 2.37. The molecule has 2 aromatic rings. The van der Waals surface area contributed by atoms with E-state index in [1.807, 2.05) is 37.3 Å². The molecule has 0 radical (unpaired) electrons. The summed E-state index contributed by atoms with van der Waals surface area (Å²) >= 11 is 0. The van der Waals surface area contributed by atoms with Crippen LogP contribution in [0.25, 0.3) is 10.8 Å². The second kappa shape index (κ2) is 6.75. The van der Waals surface area contributed by atoms with Crippen molar-refractivity contribution in [2.75, 3.05) is 32.2 Å². The van der Waals surface area contributed by atoms with Crippen molar-refractivity contribution in [3.8, 4) is 0 Å². The molecule has 0 bridgehead atoms. The van der Waals surface area contributed by atoms with Gasteiger partial charge in [0.05, 0.1) is 0 Å². The van der Waals surface area contributed by atoms with Gasteiger partial charge in [-0.2, -0.15) is 0 Å². The molecule has 1 aromatic heterocycles. The number of hydrogen-bond donors (Lipinski definition) is 2. The Balaban J connectivity index is 1.90. The van der Waals surface area contributed by atoms with Gasteiger partial charge in [0.1, 0.15) is 11.4 Å². The molecule has 24 heavy (non-hydrogen) atoms. The number of rotatable bonds is 5. The number of carbonyl (C=O) groups excluding carboxylic acids is 1. The summed E-state index contributed by atoms with van der Waals surface area (Å²) in [5.41, 5.74) is 6.03. The molecule has 3 rings (SSSR count). The summed E-state index contributed by atoms with van der Waals surface area (Å²) in [6, 6.07) is 8.18. The molecule has 1 fully saturated rings. The molecular weight excluding hydrogens is 304 g/mol. The fourth-order valence-electron chi connectivity index (χ4n) is 3.23. The second-order valence-corrected chi connectivity index (χ2v) is 6.46. The van der Waals surface area contributed by atoms with Crippen molar-refractivity contribution < 1.29 is 9.53 Å². The van der Waals surface area contributed by atoms with Crippen molar-refractivity contribution in [1.29, 1.82) is 0 Å². The van der Waals surface area contributed by atoms with E-state index in [-0.39, 0.29) is 5.91 Å². The lowest BCUT2D eigenvalue weighted by atomic mass is 9.89. The standard InChI is InChI=1S/C18H24N4O2/c1-22(2)16-15-6-4-3-5-14(15)13(11-20-16)12-21-18(17(19)23)7-9-24-10-8-18/h3-6,11,21H,7-10,12H2,1-2H3,(H2,19,23). The highest BCUT2D eigenvalue weighted by atomic mass is 16.5. The van der Waals surface area contributed by atoms with Crippen LogP contribution in [0.3, 0.4) is 0 Å². The Hall–Kier alpha value is -2.18. The zero-order valence-corrected chi connectivity index (χ0v) is 14.2. The van der Waals surface area contributed by atoms with Crippen LogP contribution in [0.4, 0.5) is 5.82 Å². The van der Waals surface area contributed by atoms with Gasteiger partial charge in [0, 0.05) is 45.4 Å². The van der Waals surface area contributed by atoms with Gasteiger partial charge in [0.2, 0.25) is 5.91 Å². The highest BCUT2D eigenvalue weighted by molar-refractivity contribution is 5.94. The quantitative estimate of drug-likeness (QED) is 0.868. The van der Waals surface area contributed by atoms with Crippen LogP contribution < -0.4 is 16.0 Å².